The number of unbranched alkanes of at least 4 members (excludes halogenated alkanes) is 1. The first kappa shape index (κ1) is 11.9. The van der Waals surface area contributed by atoms with Crippen LogP contribution in [0.5, 0.6) is 0 Å². The van der Waals surface area contributed by atoms with E-state index in [0.717, 1.165) is 25.7 Å². The Kier molecular flexibility index (Phi) is 5.51. The average Bonchev–Trinajstić information content (AvgIpc) is 1.98. The molecule has 0 bridgehead atoms. The highest BCUT2D eigenvalue weighted by Crippen LogP contribution is 2.17. The monoisotopic (exact) mass is 174 g/mol. The van der Waals surface area contributed by atoms with Gasteiger partial charge in [0.15, 0.2) is 0 Å². The second-order valence-corrected chi connectivity index (χ2v) is 4.06. The number of hydrogen-bond acceptors (Lipinski definition) is 2. The molecule has 0 rings (SSSR count). The summed E-state index contributed by atoms with van der Waals surface area (Å²) in [5, 5.41) is 9.01. The fraction of sp³-hybridized carbons (Fsp3) is 1.00. The normalized spacial score (nSPS) is 14.8. The zero-order chi connectivity index (χ0) is 9.61. The second-order valence-electron chi connectivity index (χ2n) is 4.06. The van der Waals surface area contributed by atoms with E-state index < -0.39 is 0 Å². The van der Waals surface area contributed by atoms with Gasteiger partial charge in [0.1, 0.15) is 0 Å². The summed E-state index contributed by atoms with van der Waals surface area (Å²) in [6.45, 7) is 6.02. The molecule has 1 N–H and O–H groups in total. The summed E-state index contributed by atoms with van der Waals surface area (Å²) in [6.07, 6.45) is 4.03. The predicted octanol–water partition coefficient (Wildman–Crippen LogP) is 2.35. The van der Waals surface area contributed by atoms with Gasteiger partial charge < -0.3 is 9.84 Å². The first-order chi connectivity index (χ1) is 5.48. The molecule has 2 heteroatoms. The number of ether oxygens (including phenoxy) is 1. The third kappa shape index (κ3) is 6.62. The third-order valence-corrected chi connectivity index (χ3v) is 2.20. The Morgan fingerprint density at radius 3 is 2.33 bits per heavy atom. The first-order valence-corrected chi connectivity index (χ1v) is 4.71. The van der Waals surface area contributed by atoms with Crippen LogP contribution in [0.4, 0.5) is 0 Å². The molecular weight excluding hydrogens is 152 g/mol. The Labute approximate surface area is 75.9 Å². The Morgan fingerprint density at radius 1 is 1.33 bits per heavy atom. The van der Waals surface area contributed by atoms with Gasteiger partial charge in [-0.1, -0.05) is 12.8 Å². The third-order valence-electron chi connectivity index (χ3n) is 2.20. The van der Waals surface area contributed by atoms with Gasteiger partial charge in [0.05, 0.1) is 11.7 Å². The fourth-order valence-corrected chi connectivity index (χ4v) is 1.09. The van der Waals surface area contributed by atoms with E-state index in [2.05, 4.69) is 13.8 Å². The van der Waals surface area contributed by atoms with Crippen molar-refractivity contribution in [2.24, 2.45) is 0 Å². The van der Waals surface area contributed by atoms with E-state index in [1.54, 1.807) is 7.11 Å². The minimum atomic E-state index is -0.157. The van der Waals surface area contributed by atoms with Crippen molar-refractivity contribution in [2.75, 3.05) is 7.11 Å². The quantitative estimate of drug-likeness (QED) is 0.626. The van der Waals surface area contributed by atoms with Crippen LogP contribution in [-0.4, -0.2) is 23.9 Å². The van der Waals surface area contributed by atoms with E-state index in [-0.39, 0.29) is 11.7 Å². The highest BCUT2D eigenvalue weighted by molar-refractivity contribution is 4.67. The molecule has 0 saturated carbocycles. The van der Waals surface area contributed by atoms with E-state index >= 15 is 0 Å². The molecule has 74 valence electrons. The van der Waals surface area contributed by atoms with E-state index in [1.165, 1.54) is 0 Å². The Morgan fingerprint density at radius 2 is 1.92 bits per heavy atom. The second kappa shape index (κ2) is 5.55. The maximum atomic E-state index is 9.01. The summed E-state index contributed by atoms with van der Waals surface area (Å²) in [6, 6.07) is 0. The number of methoxy groups -OCH3 is 1. The molecule has 0 aromatic carbocycles. The van der Waals surface area contributed by atoms with Gasteiger partial charge in [-0.2, -0.15) is 0 Å². The Bertz CT molecular complexity index is 108. The summed E-state index contributed by atoms with van der Waals surface area (Å²) in [4.78, 5) is 0. The molecule has 0 spiro atoms. The predicted molar refractivity (Wildman–Crippen MR) is 51.2 cm³/mol. The summed E-state index contributed by atoms with van der Waals surface area (Å²) in [5.74, 6) is 0. The molecule has 2 nitrogen and oxygen atoms in total. The van der Waals surface area contributed by atoms with Gasteiger partial charge in [-0.3, -0.25) is 0 Å². The lowest BCUT2D eigenvalue weighted by atomic mass is 10.00. The zero-order valence-corrected chi connectivity index (χ0v) is 8.76. The van der Waals surface area contributed by atoms with Crippen molar-refractivity contribution in [3.8, 4) is 0 Å². The number of rotatable bonds is 6. The lowest BCUT2D eigenvalue weighted by Crippen LogP contribution is -2.22. The van der Waals surface area contributed by atoms with Gasteiger partial charge >= 0.3 is 0 Å². The Balaban J connectivity index is 3.31. The van der Waals surface area contributed by atoms with Crippen LogP contribution in [-0.2, 0) is 4.74 Å². The van der Waals surface area contributed by atoms with Gasteiger partial charge in [0.25, 0.3) is 0 Å². The van der Waals surface area contributed by atoms with Crippen molar-refractivity contribution in [1.29, 1.82) is 0 Å². The Hall–Kier alpha value is -0.0800. The summed E-state index contributed by atoms with van der Waals surface area (Å²) in [5.41, 5.74) is -0.00130. The number of aliphatic hydroxyl groups excluding tert-OH is 1. The van der Waals surface area contributed by atoms with Crippen molar-refractivity contribution < 1.29 is 9.84 Å². The highest BCUT2D eigenvalue weighted by Gasteiger charge is 2.14. The van der Waals surface area contributed by atoms with Crippen molar-refractivity contribution in [1.82, 2.24) is 0 Å². The van der Waals surface area contributed by atoms with Crippen molar-refractivity contribution in [2.45, 2.75) is 58.2 Å². The van der Waals surface area contributed by atoms with Gasteiger partial charge in [-0.05, 0) is 33.6 Å². The molecule has 0 saturated heterocycles. The van der Waals surface area contributed by atoms with E-state index in [4.69, 9.17) is 9.84 Å². The van der Waals surface area contributed by atoms with Crippen LogP contribution in [0.15, 0.2) is 0 Å². The van der Waals surface area contributed by atoms with E-state index in [0.29, 0.717) is 0 Å². The lowest BCUT2D eigenvalue weighted by Gasteiger charge is -2.22. The molecule has 0 radical (unpaired) electrons. The number of aliphatic hydroxyl groups is 1. The van der Waals surface area contributed by atoms with Crippen LogP contribution in [0.2, 0.25) is 0 Å². The first-order valence-electron chi connectivity index (χ1n) is 4.71. The average molecular weight is 174 g/mol. The fourth-order valence-electron chi connectivity index (χ4n) is 1.09. The molecule has 12 heavy (non-hydrogen) atoms. The van der Waals surface area contributed by atoms with Crippen molar-refractivity contribution >= 4 is 0 Å². The standard InChI is InChI=1S/C10H22O2/c1-9(11)7-5-6-8-10(2,3)12-4/h9,11H,5-8H2,1-4H3. The van der Waals surface area contributed by atoms with E-state index in [9.17, 15) is 0 Å². The van der Waals surface area contributed by atoms with Crippen molar-refractivity contribution in [3.63, 3.8) is 0 Å². The SMILES string of the molecule is COC(C)(C)CCCCC(C)O. The van der Waals surface area contributed by atoms with Crippen LogP contribution >= 0.6 is 0 Å². The molecule has 1 unspecified atom stereocenters. The summed E-state index contributed by atoms with van der Waals surface area (Å²) in [7, 11) is 1.74. The molecule has 0 aromatic rings. The zero-order valence-electron chi connectivity index (χ0n) is 8.76. The van der Waals surface area contributed by atoms with Crippen molar-refractivity contribution in [3.05, 3.63) is 0 Å². The largest absolute Gasteiger partial charge is 0.393 e. The highest BCUT2D eigenvalue weighted by atomic mass is 16.5. The summed E-state index contributed by atoms with van der Waals surface area (Å²) < 4.78 is 5.28. The molecular formula is C10H22O2. The molecule has 0 aliphatic heterocycles. The van der Waals surface area contributed by atoms with Crippen LogP contribution in [0.3, 0.4) is 0 Å². The maximum Gasteiger partial charge on any atom is 0.0622 e. The minimum Gasteiger partial charge on any atom is -0.393 e. The minimum absolute atomic E-state index is 0.00130. The van der Waals surface area contributed by atoms with Gasteiger partial charge in [-0.25, -0.2) is 0 Å². The van der Waals surface area contributed by atoms with Crippen LogP contribution in [0, 0.1) is 0 Å². The van der Waals surface area contributed by atoms with Crippen LogP contribution in [0.1, 0.15) is 46.5 Å². The molecule has 0 heterocycles. The lowest BCUT2D eigenvalue weighted by molar-refractivity contribution is 0.0127. The van der Waals surface area contributed by atoms with Crippen LogP contribution in [0.25, 0.3) is 0 Å². The molecule has 0 amide bonds. The summed E-state index contributed by atoms with van der Waals surface area (Å²) >= 11 is 0. The van der Waals surface area contributed by atoms with Gasteiger partial charge in [0, 0.05) is 7.11 Å². The van der Waals surface area contributed by atoms with E-state index in [1.807, 2.05) is 6.92 Å². The van der Waals surface area contributed by atoms with Crippen LogP contribution < -0.4 is 0 Å². The smallest absolute Gasteiger partial charge is 0.0622 e. The number of hydrogen-bond donors (Lipinski definition) is 1. The topological polar surface area (TPSA) is 29.5 Å². The van der Waals surface area contributed by atoms with Gasteiger partial charge in [0.2, 0.25) is 0 Å². The molecule has 0 aliphatic carbocycles. The maximum absolute atomic E-state index is 9.01. The molecule has 0 aliphatic rings. The molecule has 0 aromatic heterocycles. The molecule has 0 fully saturated rings. The van der Waals surface area contributed by atoms with Gasteiger partial charge in [-0.15, -0.1) is 0 Å². The molecule has 1 atom stereocenters.